The van der Waals surface area contributed by atoms with Crippen molar-refractivity contribution in [3.63, 3.8) is 0 Å². The fourth-order valence-electron chi connectivity index (χ4n) is 7.48. The molecular formula is C39H48N4O11. The van der Waals surface area contributed by atoms with Crippen LogP contribution in [0.3, 0.4) is 0 Å². The number of carbonyl (C=O) groups excluding carboxylic acids is 5. The topological polar surface area (TPSA) is 182 Å². The number of nitrogens with one attached hydrogen (secondary N) is 2. The van der Waals surface area contributed by atoms with Crippen molar-refractivity contribution in [1.82, 2.24) is 20.6 Å². The molecular weight excluding hydrogens is 700 g/mol. The molecule has 54 heavy (non-hydrogen) atoms. The summed E-state index contributed by atoms with van der Waals surface area (Å²) >= 11 is 0. The second-order valence-electron chi connectivity index (χ2n) is 15.2. The highest BCUT2D eigenvalue weighted by Crippen LogP contribution is 2.55. The van der Waals surface area contributed by atoms with Gasteiger partial charge >= 0.3 is 11.9 Å². The number of rotatable bonds is 13. The zero-order chi connectivity index (χ0) is 38.8. The van der Waals surface area contributed by atoms with Gasteiger partial charge in [0.05, 0.1) is 19.2 Å². The molecule has 0 spiro atoms. The summed E-state index contributed by atoms with van der Waals surface area (Å²) in [5.41, 5.74) is 0.371. The number of nitrogens with zero attached hydrogens (tertiary/aromatic N) is 2. The van der Waals surface area contributed by atoms with E-state index in [1.165, 1.54) is 16.0 Å². The Kier molecular flexibility index (Phi) is 11.5. The molecule has 0 aromatic heterocycles. The summed E-state index contributed by atoms with van der Waals surface area (Å²) in [5, 5.41) is 17.1. The quantitative estimate of drug-likeness (QED) is 0.200. The fraction of sp³-hybridized carbons (Fsp3) is 0.513. The van der Waals surface area contributed by atoms with Crippen LogP contribution in [0.2, 0.25) is 0 Å². The van der Waals surface area contributed by atoms with Crippen LogP contribution >= 0.6 is 0 Å². The van der Waals surface area contributed by atoms with Gasteiger partial charge in [-0.3, -0.25) is 28.8 Å². The van der Waals surface area contributed by atoms with E-state index in [4.69, 9.17) is 23.8 Å². The number of benzene rings is 2. The smallest absolute Gasteiger partial charge is 0.327 e. The lowest BCUT2D eigenvalue weighted by molar-refractivity contribution is -0.201. The number of carbonyl (C=O) groups is 5. The normalized spacial score (nSPS) is 26.5. The highest BCUT2D eigenvalue weighted by atomic mass is 16.8. The number of ether oxygens (including phenoxy) is 4. The summed E-state index contributed by atoms with van der Waals surface area (Å²) in [6.45, 7) is 5.02. The minimum atomic E-state index is -1.39. The van der Waals surface area contributed by atoms with Crippen LogP contribution < -0.4 is 10.6 Å². The second kappa shape index (κ2) is 16.0. The summed E-state index contributed by atoms with van der Waals surface area (Å²) < 4.78 is 23.0. The van der Waals surface area contributed by atoms with Gasteiger partial charge in [0.2, 0.25) is 11.8 Å². The van der Waals surface area contributed by atoms with Crippen molar-refractivity contribution in [3.8, 4) is 0 Å². The Morgan fingerprint density at radius 3 is 2.59 bits per heavy atom. The van der Waals surface area contributed by atoms with E-state index < -0.39 is 71.3 Å². The molecule has 7 atom stereocenters. The van der Waals surface area contributed by atoms with Crippen molar-refractivity contribution in [1.29, 1.82) is 0 Å². The van der Waals surface area contributed by atoms with Gasteiger partial charge in [-0.2, -0.15) is 5.06 Å². The van der Waals surface area contributed by atoms with Gasteiger partial charge in [-0.05, 0) is 62.1 Å². The van der Waals surface area contributed by atoms with Crippen LogP contribution in [0.1, 0.15) is 67.1 Å². The van der Waals surface area contributed by atoms with Crippen LogP contribution in [0.15, 0.2) is 54.6 Å². The van der Waals surface area contributed by atoms with E-state index in [9.17, 15) is 29.1 Å². The van der Waals surface area contributed by atoms with Crippen molar-refractivity contribution < 1.29 is 52.9 Å². The first-order valence-electron chi connectivity index (χ1n) is 18.1. The molecule has 2 aromatic carbocycles. The summed E-state index contributed by atoms with van der Waals surface area (Å²) in [5.74, 6) is -2.12. The molecule has 3 saturated heterocycles. The zero-order valence-corrected chi connectivity index (χ0v) is 31.1. The van der Waals surface area contributed by atoms with Gasteiger partial charge in [0, 0.05) is 45.1 Å². The van der Waals surface area contributed by atoms with Crippen molar-refractivity contribution in [2.45, 2.75) is 95.2 Å². The van der Waals surface area contributed by atoms with Gasteiger partial charge in [-0.25, -0.2) is 0 Å². The molecule has 15 nitrogen and oxygen atoms in total. The fourth-order valence-corrected chi connectivity index (χ4v) is 7.48. The Hall–Kier alpha value is -4.67. The van der Waals surface area contributed by atoms with Crippen LogP contribution in [0.25, 0.3) is 6.08 Å². The highest BCUT2D eigenvalue weighted by Gasteiger charge is 2.74. The third-order valence-electron chi connectivity index (χ3n) is 10.0. The van der Waals surface area contributed by atoms with Crippen LogP contribution in [-0.4, -0.2) is 114 Å². The molecule has 3 N–H and O–H groups in total. The standard InChI is InChI=1S/C39H48N4O11/c1-38(2,3)53-30(46)16-14-27(21-44)41-35(47)25-12-8-9-23(17-25)19-40-37(49)39-18-28-31-32(51-22-50-31)34(39)54-43(33(39)36(48)52-28)20-26-11-7-6-10-24(26)13-15-29(45)42(4)5/h6-13,15,17,27-28,31-34,44H,14,16,18-22H2,1-5H3,(H,40,49)(H,41,47)/t27-,28+,31-,32-,33-,34+,39-/m0/s1. The minimum Gasteiger partial charge on any atom is -0.460 e. The van der Waals surface area contributed by atoms with Gasteiger partial charge in [0.25, 0.3) is 5.91 Å². The highest BCUT2D eigenvalue weighted by molar-refractivity contribution is 5.95. The molecule has 4 aliphatic rings. The number of amides is 3. The number of hydroxylamine groups is 2. The predicted octanol–water partition coefficient (Wildman–Crippen LogP) is 1.86. The van der Waals surface area contributed by atoms with E-state index in [1.54, 1.807) is 65.2 Å². The summed E-state index contributed by atoms with van der Waals surface area (Å²) in [7, 11) is 3.32. The Bertz CT molecular complexity index is 1790. The first kappa shape index (κ1) is 39.0. The number of aliphatic hydroxyl groups excluding tert-OH is 1. The van der Waals surface area contributed by atoms with Crippen molar-refractivity contribution in [2.75, 3.05) is 27.5 Å². The van der Waals surface area contributed by atoms with Crippen molar-refractivity contribution >= 4 is 35.7 Å². The molecule has 6 rings (SSSR count). The molecule has 0 radical (unpaired) electrons. The number of hydrogen-bond acceptors (Lipinski definition) is 12. The number of hydrogen-bond donors (Lipinski definition) is 3. The lowest BCUT2D eigenvalue weighted by atomic mass is 9.62. The van der Waals surface area contributed by atoms with Crippen molar-refractivity contribution in [3.05, 3.63) is 76.9 Å². The maximum absolute atomic E-state index is 14.5. The van der Waals surface area contributed by atoms with Gasteiger partial charge in [-0.15, -0.1) is 0 Å². The maximum Gasteiger partial charge on any atom is 0.327 e. The third-order valence-corrected chi connectivity index (χ3v) is 10.0. The largest absolute Gasteiger partial charge is 0.460 e. The number of fused-ring (bicyclic) bond motifs is 4. The average molecular weight is 749 g/mol. The predicted molar refractivity (Wildman–Crippen MR) is 192 cm³/mol. The maximum atomic E-state index is 14.5. The molecule has 290 valence electrons. The SMILES string of the molecule is CN(C)C(=O)C=Cc1ccccc1CN1O[C@@H]2[C@H]3OCO[C@H]3[C@H]3C[C@]2(C(=O)NCc2cccc(C(=O)N[C@H](CO)CCC(=O)OC(C)(C)C)c2)[C@@H]1C(=O)O3. The molecule has 3 heterocycles. The molecule has 3 amide bonds. The van der Waals surface area contributed by atoms with Crippen molar-refractivity contribution in [2.24, 2.45) is 5.41 Å². The van der Waals surface area contributed by atoms with Gasteiger partial charge < -0.3 is 39.6 Å². The Morgan fingerprint density at radius 1 is 1.09 bits per heavy atom. The van der Waals surface area contributed by atoms with Crippen LogP contribution in [-0.2, 0) is 56.1 Å². The Balaban J connectivity index is 1.18. The monoisotopic (exact) mass is 748 g/mol. The van der Waals surface area contributed by atoms with Gasteiger partial charge in [0.1, 0.15) is 42.2 Å². The van der Waals surface area contributed by atoms with Crippen LogP contribution in [0, 0.1) is 5.41 Å². The molecule has 0 unspecified atom stereocenters. The number of aliphatic hydroxyl groups is 1. The molecule has 3 aliphatic heterocycles. The van der Waals surface area contributed by atoms with E-state index in [0.29, 0.717) is 11.1 Å². The van der Waals surface area contributed by atoms with E-state index in [2.05, 4.69) is 10.6 Å². The summed E-state index contributed by atoms with van der Waals surface area (Å²) in [6, 6.07) is 12.3. The lowest BCUT2D eigenvalue weighted by Gasteiger charge is -2.48. The van der Waals surface area contributed by atoms with Gasteiger partial charge in [-0.1, -0.05) is 36.4 Å². The number of likely N-dealkylation sites (N-methyl/N-ethyl adjacent to an activating group) is 1. The summed E-state index contributed by atoms with van der Waals surface area (Å²) in [4.78, 5) is 73.9. The lowest BCUT2D eigenvalue weighted by Crippen LogP contribution is -2.69. The molecule has 1 saturated carbocycles. The molecule has 4 fully saturated rings. The van der Waals surface area contributed by atoms with E-state index >= 15 is 0 Å². The molecule has 2 bridgehead atoms. The number of esters is 2. The first-order chi connectivity index (χ1) is 25.7. The second-order valence-corrected chi connectivity index (χ2v) is 15.2. The van der Waals surface area contributed by atoms with E-state index in [1.807, 2.05) is 24.3 Å². The molecule has 15 heteroatoms. The zero-order valence-electron chi connectivity index (χ0n) is 31.1. The van der Waals surface area contributed by atoms with Gasteiger partial charge in [0.15, 0.2) is 6.04 Å². The summed E-state index contributed by atoms with van der Waals surface area (Å²) in [6.07, 6.45) is 0.649. The van der Waals surface area contributed by atoms with Crippen LogP contribution in [0.5, 0.6) is 0 Å². The van der Waals surface area contributed by atoms with E-state index in [0.717, 1.165) is 11.1 Å². The molecule has 1 aliphatic carbocycles. The van der Waals surface area contributed by atoms with Crippen LogP contribution in [0.4, 0.5) is 0 Å². The molecule has 2 aromatic rings. The third kappa shape index (κ3) is 8.20. The Morgan fingerprint density at radius 2 is 1.85 bits per heavy atom. The van der Waals surface area contributed by atoms with E-state index in [-0.39, 0.29) is 51.7 Å². The Labute approximate surface area is 313 Å². The first-order valence-corrected chi connectivity index (χ1v) is 18.1. The average Bonchev–Trinajstić information content (AvgIpc) is 3.76. The minimum absolute atomic E-state index is 0.0221.